The van der Waals surface area contributed by atoms with E-state index >= 15 is 0 Å². The van der Waals surface area contributed by atoms with Crippen molar-refractivity contribution < 1.29 is 13.9 Å². The number of hydrogen-bond donors (Lipinski definition) is 1. The Kier molecular flexibility index (Phi) is 6.76. The third kappa shape index (κ3) is 5.24. The van der Waals surface area contributed by atoms with Gasteiger partial charge in [0.15, 0.2) is 11.5 Å². The maximum atomic E-state index is 13.2. The Balaban J connectivity index is 1.65. The summed E-state index contributed by atoms with van der Waals surface area (Å²) in [7, 11) is 0. The maximum absolute atomic E-state index is 13.2. The van der Waals surface area contributed by atoms with Gasteiger partial charge in [0.25, 0.3) is 0 Å². The molecule has 0 unspecified atom stereocenters. The average Bonchev–Trinajstić information content (AvgIpc) is 3.21. The van der Waals surface area contributed by atoms with Crippen LogP contribution in [-0.2, 0) is 6.61 Å². The summed E-state index contributed by atoms with van der Waals surface area (Å²) in [6.45, 7) is 4.60. The summed E-state index contributed by atoms with van der Waals surface area (Å²) in [5.74, 6) is 1.29. The summed E-state index contributed by atoms with van der Waals surface area (Å²) in [5.41, 5.74) is 4.79. The van der Waals surface area contributed by atoms with Crippen LogP contribution in [0.1, 0.15) is 29.4 Å². The molecule has 5 nitrogen and oxygen atoms in total. The largest absolute Gasteiger partial charge is 0.490 e. The number of aromatic nitrogens is 2. The monoisotopic (exact) mass is 505 g/mol. The van der Waals surface area contributed by atoms with Crippen molar-refractivity contribution in [2.45, 2.75) is 20.5 Å². The molecule has 4 aromatic rings. The van der Waals surface area contributed by atoms with E-state index in [2.05, 4.69) is 32.0 Å². The number of fused-ring (bicyclic) bond motifs is 1. The van der Waals surface area contributed by atoms with Crippen LogP contribution in [0.4, 0.5) is 4.39 Å². The van der Waals surface area contributed by atoms with Gasteiger partial charge in [-0.2, -0.15) is 5.26 Å². The molecular weight excluding hydrogens is 485 g/mol. The Hall–Kier alpha value is -3.63. The van der Waals surface area contributed by atoms with Gasteiger partial charge in [0.2, 0.25) is 0 Å². The van der Waals surface area contributed by atoms with Crippen molar-refractivity contribution in [3.8, 4) is 17.6 Å². The highest BCUT2D eigenvalue weighted by Crippen LogP contribution is 2.38. The van der Waals surface area contributed by atoms with Crippen molar-refractivity contribution in [2.75, 3.05) is 6.61 Å². The molecule has 0 aliphatic heterocycles. The lowest BCUT2D eigenvalue weighted by Crippen LogP contribution is -2.01. The van der Waals surface area contributed by atoms with Crippen LogP contribution in [0.2, 0.25) is 0 Å². The van der Waals surface area contributed by atoms with Gasteiger partial charge >= 0.3 is 0 Å². The van der Waals surface area contributed by atoms with Crippen LogP contribution in [0.25, 0.3) is 22.7 Å². The Morgan fingerprint density at radius 3 is 2.67 bits per heavy atom. The molecule has 0 atom stereocenters. The van der Waals surface area contributed by atoms with E-state index < -0.39 is 0 Å². The van der Waals surface area contributed by atoms with Crippen LogP contribution >= 0.6 is 15.9 Å². The molecule has 1 aromatic heterocycles. The van der Waals surface area contributed by atoms with Crippen LogP contribution in [-0.4, -0.2) is 16.6 Å². The zero-order valence-corrected chi connectivity index (χ0v) is 19.7. The number of H-pyrrole nitrogens is 1. The fourth-order valence-electron chi connectivity index (χ4n) is 3.38. The number of nitrogens with zero attached hydrogens (tertiary/aromatic N) is 2. The summed E-state index contributed by atoms with van der Waals surface area (Å²) in [6.07, 6.45) is 1.75. The quantitative estimate of drug-likeness (QED) is 0.280. The summed E-state index contributed by atoms with van der Waals surface area (Å²) in [5, 5.41) is 9.77. The van der Waals surface area contributed by atoms with E-state index in [0.29, 0.717) is 34.0 Å². The van der Waals surface area contributed by atoms with Gasteiger partial charge < -0.3 is 14.5 Å². The first-order valence-electron chi connectivity index (χ1n) is 10.4. The van der Waals surface area contributed by atoms with Crippen molar-refractivity contribution in [1.29, 1.82) is 5.26 Å². The van der Waals surface area contributed by atoms with E-state index in [9.17, 15) is 9.65 Å². The van der Waals surface area contributed by atoms with Gasteiger partial charge in [-0.15, -0.1) is 0 Å². The minimum absolute atomic E-state index is 0.260. The molecule has 0 bridgehead atoms. The van der Waals surface area contributed by atoms with E-state index in [0.717, 1.165) is 27.7 Å². The SMILES string of the molecule is CCOc1cc(/C=C(/C#N)c2nc3ccc(C)cc3[nH]2)cc(Br)c1OCc1ccc(F)cc1. The van der Waals surface area contributed by atoms with Crippen molar-refractivity contribution in [3.05, 3.63) is 87.4 Å². The number of rotatable bonds is 7. The first-order valence-corrected chi connectivity index (χ1v) is 11.2. The normalized spacial score (nSPS) is 11.4. The number of nitriles is 1. The van der Waals surface area contributed by atoms with Crippen LogP contribution in [0.5, 0.6) is 11.5 Å². The number of ether oxygens (including phenoxy) is 2. The van der Waals surface area contributed by atoms with Crippen LogP contribution in [0, 0.1) is 24.1 Å². The lowest BCUT2D eigenvalue weighted by atomic mass is 10.1. The minimum Gasteiger partial charge on any atom is -0.490 e. The molecule has 0 saturated carbocycles. The fourth-order valence-corrected chi connectivity index (χ4v) is 3.96. The fraction of sp³-hybridized carbons (Fsp3) is 0.154. The maximum Gasteiger partial charge on any atom is 0.175 e. The topological polar surface area (TPSA) is 70.9 Å². The molecular formula is C26H21BrFN3O2. The summed E-state index contributed by atoms with van der Waals surface area (Å²) in [6, 6.07) is 18.0. The Labute approximate surface area is 199 Å². The van der Waals surface area contributed by atoms with Crippen molar-refractivity contribution in [3.63, 3.8) is 0 Å². The molecule has 0 aliphatic rings. The molecule has 0 fully saturated rings. The molecule has 4 rings (SSSR count). The van der Waals surface area contributed by atoms with E-state index in [-0.39, 0.29) is 12.4 Å². The molecule has 7 heteroatoms. The van der Waals surface area contributed by atoms with E-state index in [1.54, 1.807) is 18.2 Å². The second-order valence-corrected chi connectivity index (χ2v) is 8.31. The third-order valence-corrected chi connectivity index (χ3v) is 5.54. The van der Waals surface area contributed by atoms with Gasteiger partial charge in [-0.3, -0.25) is 0 Å². The molecule has 1 N–H and O–H groups in total. The lowest BCUT2D eigenvalue weighted by Gasteiger charge is -2.15. The van der Waals surface area contributed by atoms with Gasteiger partial charge in [0, 0.05) is 0 Å². The number of halogens is 2. The highest BCUT2D eigenvalue weighted by Gasteiger charge is 2.14. The molecule has 166 valence electrons. The second-order valence-electron chi connectivity index (χ2n) is 7.45. The van der Waals surface area contributed by atoms with Gasteiger partial charge in [-0.05, 0) is 88.9 Å². The third-order valence-electron chi connectivity index (χ3n) is 4.95. The summed E-state index contributed by atoms with van der Waals surface area (Å²) < 4.78 is 25.6. The summed E-state index contributed by atoms with van der Waals surface area (Å²) in [4.78, 5) is 7.77. The van der Waals surface area contributed by atoms with Crippen molar-refractivity contribution >= 4 is 38.6 Å². The highest BCUT2D eigenvalue weighted by atomic mass is 79.9. The Morgan fingerprint density at radius 2 is 1.94 bits per heavy atom. The number of allylic oxidation sites excluding steroid dienone is 1. The Morgan fingerprint density at radius 1 is 1.15 bits per heavy atom. The molecule has 0 aliphatic carbocycles. The number of aryl methyl sites for hydroxylation is 1. The lowest BCUT2D eigenvalue weighted by molar-refractivity contribution is 0.267. The highest BCUT2D eigenvalue weighted by molar-refractivity contribution is 9.10. The van der Waals surface area contributed by atoms with Gasteiger partial charge in [-0.25, -0.2) is 9.37 Å². The number of nitrogens with one attached hydrogen (secondary N) is 1. The van der Waals surface area contributed by atoms with Crippen LogP contribution in [0.15, 0.2) is 59.1 Å². The molecule has 0 amide bonds. The predicted molar refractivity (Wildman–Crippen MR) is 130 cm³/mol. The first-order chi connectivity index (χ1) is 16.0. The molecule has 0 spiro atoms. The van der Waals surface area contributed by atoms with Gasteiger partial charge in [0.1, 0.15) is 24.3 Å². The standard InChI is InChI=1S/C26H21BrFN3O2/c1-3-32-24-13-18(12-21(27)25(24)33-15-17-5-7-20(28)8-6-17)11-19(14-29)26-30-22-9-4-16(2)10-23(22)31-26/h4-13H,3,15H2,1-2H3,(H,30,31)/b19-11-. The zero-order valence-electron chi connectivity index (χ0n) is 18.2. The number of aromatic amines is 1. The molecule has 33 heavy (non-hydrogen) atoms. The van der Waals surface area contributed by atoms with Gasteiger partial charge in [0.05, 0.1) is 27.7 Å². The molecule has 3 aromatic carbocycles. The number of hydrogen-bond acceptors (Lipinski definition) is 4. The van der Waals surface area contributed by atoms with E-state index in [1.165, 1.54) is 12.1 Å². The minimum atomic E-state index is -0.293. The van der Waals surface area contributed by atoms with E-state index in [1.807, 2.05) is 44.2 Å². The molecule has 0 radical (unpaired) electrons. The zero-order chi connectivity index (χ0) is 23.4. The average molecular weight is 506 g/mol. The first kappa shape index (κ1) is 22.6. The van der Waals surface area contributed by atoms with Crippen molar-refractivity contribution in [2.24, 2.45) is 0 Å². The number of imidazole rings is 1. The molecule has 1 heterocycles. The van der Waals surface area contributed by atoms with Crippen LogP contribution in [0.3, 0.4) is 0 Å². The number of benzene rings is 3. The van der Waals surface area contributed by atoms with E-state index in [4.69, 9.17) is 9.47 Å². The van der Waals surface area contributed by atoms with Gasteiger partial charge in [-0.1, -0.05) is 18.2 Å². The predicted octanol–water partition coefficient (Wildman–Crippen LogP) is 6.81. The van der Waals surface area contributed by atoms with Crippen molar-refractivity contribution in [1.82, 2.24) is 9.97 Å². The second kappa shape index (κ2) is 9.88. The molecule has 0 saturated heterocycles. The Bertz CT molecular complexity index is 1370. The smallest absolute Gasteiger partial charge is 0.175 e. The van der Waals surface area contributed by atoms with Crippen LogP contribution < -0.4 is 9.47 Å². The summed E-state index contributed by atoms with van der Waals surface area (Å²) >= 11 is 3.56.